The molecule has 2 heterocycles. The van der Waals surface area contributed by atoms with Crippen LogP contribution in [0.4, 0.5) is 0 Å². The van der Waals surface area contributed by atoms with E-state index in [1.165, 1.54) is 45.1 Å². The van der Waals surface area contributed by atoms with Crippen molar-refractivity contribution < 1.29 is 4.79 Å². The molecule has 0 bridgehead atoms. The summed E-state index contributed by atoms with van der Waals surface area (Å²) in [5, 5.41) is 6.73. The minimum absolute atomic E-state index is 0.234. The lowest BCUT2D eigenvalue weighted by atomic mass is 9.89. The topological polar surface area (TPSA) is 47.6 Å². The molecule has 2 saturated heterocycles. The number of hydrogen-bond donors (Lipinski definition) is 2. The summed E-state index contributed by atoms with van der Waals surface area (Å²) in [5.74, 6) is 0.234. The number of nitrogens with one attached hydrogen (secondary N) is 2. The summed E-state index contributed by atoms with van der Waals surface area (Å²) in [6.07, 6.45) is 7.52. The van der Waals surface area contributed by atoms with Crippen molar-refractivity contribution in [2.45, 2.75) is 51.5 Å². The van der Waals surface area contributed by atoms with Crippen LogP contribution in [0.3, 0.4) is 0 Å². The number of carbonyl (C=O) groups excluding carboxylic acids is 1. The molecular formula is C18H34N4O. The van der Waals surface area contributed by atoms with Gasteiger partial charge in [-0.2, -0.15) is 0 Å². The van der Waals surface area contributed by atoms with Gasteiger partial charge in [0, 0.05) is 45.3 Å². The predicted octanol–water partition coefficient (Wildman–Crippen LogP) is 1.05. The molecule has 3 fully saturated rings. The van der Waals surface area contributed by atoms with Gasteiger partial charge in [-0.05, 0) is 31.2 Å². The van der Waals surface area contributed by atoms with Gasteiger partial charge in [-0.15, -0.1) is 0 Å². The molecule has 3 aliphatic rings. The van der Waals surface area contributed by atoms with Crippen LogP contribution in [0.1, 0.15) is 45.4 Å². The summed E-state index contributed by atoms with van der Waals surface area (Å²) in [4.78, 5) is 17.1. The summed E-state index contributed by atoms with van der Waals surface area (Å²) >= 11 is 0. The lowest BCUT2D eigenvalue weighted by molar-refractivity contribution is -0.123. The largest absolute Gasteiger partial charge is 0.352 e. The fourth-order valence-electron chi connectivity index (χ4n) is 4.37. The highest BCUT2D eigenvalue weighted by Crippen LogP contribution is 2.26. The maximum absolute atomic E-state index is 12.2. The number of rotatable bonds is 5. The molecule has 1 saturated carbocycles. The molecule has 0 aromatic heterocycles. The number of amides is 1. The molecule has 2 aliphatic heterocycles. The Morgan fingerprint density at radius 1 is 1.13 bits per heavy atom. The van der Waals surface area contributed by atoms with Crippen molar-refractivity contribution in [2.75, 3.05) is 52.4 Å². The van der Waals surface area contributed by atoms with Gasteiger partial charge in [0.1, 0.15) is 0 Å². The maximum atomic E-state index is 12.2. The minimum Gasteiger partial charge on any atom is -0.352 e. The lowest BCUT2D eigenvalue weighted by Gasteiger charge is -2.38. The van der Waals surface area contributed by atoms with Crippen molar-refractivity contribution in [1.82, 2.24) is 20.4 Å². The molecule has 2 N–H and O–H groups in total. The third-order valence-corrected chi connectivity index (χ3v) is 5.86. The van der Waals surface area contributed by atoms with Gasteiger partial charge < -0.3 is 15.5 Å². The molecule has 1 unspecified atom stereocenters. The van der Waals surface area contributed by atoms with E-state index in [0.29, 0.717) is 18.0 Å². The molecule has 23 heavy (non-hydrogen) atoms. The van der Waals surface area contributed by atoms with E-state index in [1.807, 2.05) is 0 Å². The number of nitrogens with zero attached hydrogens (tertiary/aromatic N) is 2. The standard InChI is InChI=1S/C18H34N4O/c1-18(7-8-19-14-18)15-22-11-9-21(10-12-22)13-17(23)20-16-5-3-2-4-6-16/h16,19H,2-15H2,1H3,(H,20,23). The van der Waals surface area contributed by atoms with Crippen LogP contribution < -0.4 is 10.6 Å². The van der Waals surface area contributed by atoms with E-state index in [9.17, 15) is 4.79 Å². The first-order valence-corrected chi connectivity index (χ1v) is 9.58. The highest BCUT2D eigenvalue weighted by atomic mass is 16.2. The highest BCUT2D eigenvalue weighted by molar-refractivity contribution is 5.78. The van der Waals surface area contributed by atoms with Crippen LogP contribution >= 0.6 is 0 Å². The third kappa shape index (κ3) is 5.16. The maximum Gasteiger partial charge on any atom is 0.234 e. The molecule has 1 atom stereocenters. The average Bonchev–Trinajstić information content (AvgIpc) is 2.96. The van der Waals surface area contributed by atoms with Crippen molar-refractivity contribution in [3.63, 3.8) is 0 Å². The van der Waals surface area contributed by atoms with Crippen molar-refractivity contribution in [3.05, 3.63) is 0 Å². The van der Waals surface area contributed by atoms with Gasteiger partial charge in [0.25, 0.3) is 0 Å². The van der Waals surface area contributed by atoms with Gasteiger partial charge in [0.2, 0.25) is 5.91 Å². The van der Waals surface area contributed by atoms with Crippen molar-refractivity contribution >= 4 is 5.91 Å². The Hall–Kier alpha value is -0.650. The van der Waals surface area contributed by atoms with Crippen LogP contribution in [0.25, 0.3) is 0 Å². The molecule has 132 valence electrons. The van der Waals surface area contributed by atoms with E-state index in [2.05, 4.69) is 27.4 Å². The van der Waals surface area contributed by atoms with Crippen molar-refractivity contribution in [2.24, 2.45) is 5.41 Å². The highest BCUT2D eigenvalue weighted by Gasteiger charge is 2.32. The zero-order valence-electron chi connectivity index (χ0n) is 14.8. The molecule has 0 radical (unpaired) electrons. The summed E-state index contributed by atoms with van der Waals surface area (Å²) in [5.41, 5.74) is 0.445. The van der Waals surface area contributed by atoms with Crippen LogP contribution in [0.5, 0.6) is 0 Å². The zero-order chi connectivity index (χ0) is 16.1. The van der Waals surface area contributed by atoms with Gasteiger partial charge >= 0.3 is 0 Å². The SMILES string of the molecule is CC1(CN2CCN(CC(=O)NC3CCCCC3)CC2)CCNC1. The first kappa shape index (κ1) is 17.2. The first-order valence-electron chi connectivity index (χ1n) is 9.58. The molecule has 1 aliphatic carbocycles. The van der Waals surface area contributed by atoms with Crippen molar-refractivity contribution in [3.8, 4) is 0 Å². The predicted molar refractivity (Wildman–Crippen MR) is 93.5 cm³/mol. The first-order chi connectivity index (χ1) is 11.1. The van der Waals surface area contributed by atoms with E-state index in [-0.39, 0.29) is 5.91 Å². The van der Waals surface area contributed by atoms with E-state index in [1.54, 1.807) is 0 Å². The molecule has 5 nitrogen and oxygen atoms in total. The Morgan fingerprint density at radius 2 is 1.83 bits per heavy atom. The second-order valence-corrected chi connectivity index (χ2v) is 8.19. The van der Waals surface area contributed by atoms with Crippen LogP contribution in [0, 0.1) is 5.41 Å². The Kier molecular flexibility index (Phi) is 5.94. The molecule has 5 heteroatoms. The fourth-order valence-corrected chi connectivity index (χ4v) is 4.37. The summed E-state index contributed by atoms with van der Waals surface area (Å²) in [6, 6.07) is 0.437. The van der Waals surface area contributed by atoms with Gasteiger partial charge in [0.05, 0.1) is 6.54 Å². The van der Waals surface area contributed by atoms with E-state index < -0.39 is 0 Å². The lowest BCUT2D eigenvalue weighted by Crippen LogP contribution is -2.52. The van der Waals surface area contributed by atoms with E-state index in [4.69, 9.17) is 0 Å². The van der Waals surface area contributed by atoms with E-state index >= 15 is 0 Å². The van der Waals surface area contributed by atoms with Crippen molar-refractivity contribution in [1.29, 1.82) is 0 Å². The Balaban J connectivity index is 1.34. The van der Waals surface area contributed by atoms with Crippen LogP contribution in [-0.2, 0) is 4.79 Å². The average molecular weight is 322 g/mol. The van der Waals surface area contributed by atoms with Crippen LogP contribution in [0.2, 0.25) is 0 Å². The molecule has 0 aromatic rings. The Bertz CT molecular complexity index is 380. The Labute approximate surface area is 141 Å². The quantitative estimate of drug-likeness (QED) is 0.794. The second kappa shape index (κ2) is 7.95. The van der Waals surface area contributed by atoms with Crippen LogP contribution in [0.15, 0.2) is 0 Å². The van der Waals surface area contributed by atoms with Gasteiger partial charge in [-0.1, -0.05) is 26.2 Å². The summed E-state index contributed by atoms with van der Waals surface area (Å²) in [6.45, 7) is 10.8. The number of hydrogen-bond acceptors (Lipinski definition) is 4. The monoisotopic (exact) mass is 322 g/mol. The molecule has 1 amide bonds. The van der Waals surface area contributed by atoms with Crippen LogP contribution in [-0.4, -0.2) is 74.1 Å². The molecule has 0 spiro atoms. The van der Waals surface area contributed by atoms with E-state index in [0.717, 1.165) is 39.3 Å². The minimum atomic E-state index is 0.234. The smallest absolute Gasteiger partial charge is 0.234 e. The number of piperazine rings is 1. The number of carbonyl (C=O) groups is 1. The molecule has 3 rings (SSSR count). The summed E-state index contributed by atoms with van der Waals surface area (Å²) in [7, 11) is 0. The summed E-state index contributed by atoms with van der Waals surface area (Å²) < 4.78 is 0. The van der Waals surface area contributed by atoms with Gasteiger partial charge in [-0.25, -0.2) is 0 Å². The molecular weight excluding hydrogens is 288 g/mol. The molecule has 0 aromatic carbocycles. The normalized spacial score (nSPS) is 31.3. The second-order valence-electron chi connectivity index (χ2n) is 8.19. The third-order valence-electron chi connectivity index (χ3n) is 5.86. The zero-order valence-corrected chi connectivity index (χ0v) is 14.8. The Morgan fingerprint density at radius 3 is 2.48 bits per heavy atom. The van der Waals surface area contributed by atoms with Gasteiger partial charge in [-0.3, -0.25) is 9.69 Å². The van der Waals surface area contributed by atoms with Gasteiger partial charge in [0.15, 0.2) is 0 Å². The fraction of sp³-hybridized carbons (Fsp3) is 0.944.